The SMILES string of the molecule is CCNC(=NCCCSc1ccc(F)cc1)NCCC(=O)N(C)C. The van der Waals surface area contributed by atoms with Gasteiger partial charge in [-0.1, -0.05) is 0 Å². The smallest absolute Gasteiger partial charge is 0.223 e. The summed E-state index contributed by atoms with van der Waals surface area (Å²) >= 11 is 1.69. The topological polar surface area (TPSA) is 56.7 Å². The number of carbonyl (C=O) groups excluding carboxylic acids is 1. The zero-order valence-electron chi connectivity index (χ0n) is 14.6. The molecule has 5 nitrogen and oxygen atoms in total. The van der Waals surface area contributed by atoms with E-state index in [4.69, 9.17) is 0 Å². The van der Waals surface area contributed by atoms with Gasteiger partial charge in [0.15, 0.2) is 5.96 Å². The van der Waals surface area contributed by atoms with Crippen molar-refractivity contribution >= 4 is 23.6 Å². The van der Waals surface area contributed by atoms with Crippen LogP contribution in [0.25, 0.3) is 0 Å². The van der Waals surface area contributed by atoms with Crippen LogP contribution >= 0.6 is 11.8 Å². The highest BCUT2D eigenvalue weighted by molar-refractivity contribution is 7.99. The van der Waals surface area contributed by atoms with E-state index in [-0.39, 0.29) is 11.7 Å². The first-order valence-electron chi connectivity index (χ1n) is 8.13. The molecule has 0 heterocycles. The van der Waals surface area contributed by atoms with Crippen molar-refractivity contribution in [2.75, 3.05) is 39.5 Å². The number of halogens is 1. The second kappa shape index (κ2) is 11.7. The molecule has 134 valence electrons. The number of hydrogen-bond acceptors (Lipinski definition) is 3. The van der Waals surface area contributed by atoms with Crippen molar-refractivity contribution in [3.05, 3.63) is 30.1 Å². The van der Waals surface area contributed by atoms with Crippen LogP contribution in [0.1, 0.15) is 19.8 Å². The van der Waals surface area contributed by atoms with Crippen LogP contribution in [-0.4, -0.2) is 56.2 Å². The van der Waals surface area contributed by atoms with E-state index >= 15 is 0 Å². The van der Waals surface area contributed by atoms with Crippen molar-refractivity contribution in [2.45, 2.75) is 24.7 Å². The lowest BCUT2D eigenvalue weighted by Gasteiger charge is -2.13. The molecule has 0 saturated carbocycles. The molecule has 0 unspecified atom stereocenters. The summed E-state index contributed by atoms with van der Waals surface area (Å²) in [5.41, 5.74) is 0. The van der Waals surface area contributed by atoms with Crippen LogP contribution in [-0.2, 0) is 4.79 Å². The van der Waals surface area contributed by atoms with E-state index in [0.29, 0.717) is 19.5 Å². The van der Waals surface area contributed by atoms with Gasteiger partial charge in [-0.05, 0) is 43.4 Å². The molecule has 1 rings (SSSR count). The molecule has 0 aliphatic carbocycles. The first kappa shape index (κ1) is 20.3. The summed E-state index contributed by atoms with van der Waals surface area (Å²) in [7, 11) is 3.50. The first-order valence-corrected chi connectivity index (χ1v) is 9.12. The highest BCUT2D eigenvalue weighted by Crippen LogP contribution is 2.18. The van der Waals surface area contributed by atoms with Crippen LogP contribution < -0.4 is 10.6 Å². The largest absolute Gasteiger partial charge is 0.357 e. The van der Waals surface area contributed by atoms with Gasteiger partial charge in [0.05, 0.1) is 0 Å². The molecule has 0 radical (unpaired) electrons. The van der Waals surface area contributed by atoms with Crippen molar-refractivity contribution in [3.8, 4) is 0 Å². The summed E-state index contributed by atoms with van der Waals surface area (Å²) in [5, 5.41) is 6.33. The molecule has 1 aromatic rings. The number of nitrogens with one attached hydrogen (secondary N) is 2. The van der Waals surface area contributed by atoms with Crippen LogP contribution in [0.15, 0.2) is 34.2 Å². The molecule has 0 saturated heterocycles. The summed E-state index contributed by atoms with van der Waals surface area (Å²) in [6, 6.07) is 6.53. The van der Waals surface area contributed by atoms with Gasteiger partial charge in [-0.25, -0.2) is 4.39 Å². The monoisotopic (exact) mass is 354 g/mol. The molecule has 0 fully saturated rings. The van der Waals surface area contributed by atoms with E-state index in [2.05, 4.69) is 15.6 Å². The second-order valence-electron chi connectivity index (χ2n) is 5.38. The molecule has 2 N–H and O–H groups in total. The van der Waals surface area contributed by atoms with E-state index in [1.807, 2.05) is 6.92 Å². The van der Waals surface area contributed by atoms with Gasteiger partial charge in [0.1, 0.15) is 5.82 Å². The van der Waals surface area contributed by atoms with Gasteiger partial charge in [-0.3, -0.25) is 9.79 Å². The zero-order chi connectivity index (χ0) is 17.8. The fourth-order valence-corrected chi connectivity index (χ4v) is 2.67. The Balaban J connectivity index is 2.26. The quantitative estimate of drug-likeness (QED) is 0.309. The minimum absolute atomic E-state index is 0.0917. The van der Waals surface area contributed by atoms with E-state index in [1.54, 1.807) is 42.9 Å². The predicted molar refractivity (Wildman–Crippen MR) is 99.0 cm³/mol. The van der Waals surface area contributed by atoms with E-state index in [9.17, 15) is 9.18 Å². The molecule has 0 bridgehead atoms. The van der Waals surface area contributed by atoms with E-state index in [0.717, 1.165) is 29.6 Å². The minimum atomic E-state index is -0.210. The summed E-state index contributed by atoms with van der Waals surface area (Å²) < 4.78 is 12.8. The summed E-state index contributed by atoms with van der Waals surface area (Å²) in [6.07, 6.45) is 1.37. The first-order chi connectivity index (χ1) is 11.5. The lowest BCUT2D eigenvalue weighted by atomic mass is 10.4. The van der Waals surface area contributed by atoms with Crippen LogP contribution in [0.4, 0.5) is 4.39 Å². The Morgan fingerprint density at radius 1 is 1.25 bits per heavy atom. The van der Waals surface area contributed by atoms with Crippen LogP contribution in [0.5, 0.6) is 0 Å². The van der Waals surface area contributed by atoms with Gasteiger partial charge in [-0.15, -0.1) is 11.8 Å². The Bertz CT molecular complexity index is 520. The highest BCUT2D eigenvalue weighted by atomic mass is 32.2. The standard InChI is InChI=1S/C17H27FN4OS/c1-4-19-17(21-12-10-16(23)22(2)3)20-11-5-13-24-15-8-6-14(18)7-9-15/h6-9H,4-5,10-13H2,1-3H3,(H2,19,20,21). The highest BCUT2D eigenvalue weighted by Gasteiger charge is 2.04. The van der Waals surface area contributed by atoms with Crippen molar-refractivity contribution in [3.63, 3.8) is 0 Å². The Morgan fingerprint density at radius 2 is 1.96 bits per heavy atom. The Hall–Kier alpha value is -1.76. The number of carbonyl (C=O) groups is 1. The number of nitrogens with zero attached hydrogens (tertiary/aromatic N) is 2. The van der Waals surface area contributed by atoms with Gasteiger partial charge in [0.25, 0.3) is 0 Å². The van der Waals surface area contributed by atoms with Crippen LogP contribution in [0.2, 0.25) is 0 Å². The summed E-state index contributed by atoms with van der Waals surface area (Å²) in [5.74, 6) is 1.54. The molecule has 0 spiro atoms. The second-order valence-corrected chi connectivity index (χ2v) is 6.55. The lowest BCUT2D eigenvalue weighted by Crippen LogP contribution is -2.39. The molecule has 0 aliphatic rings. The Morgan fingerprint density at radius 3 is 2.58 bits per heavy atom. The molecule has 0 aliphatic heterocycles. The van der Waals surface area contributed by atoms with Gasteiger partial charge in [-0.2, -0.15) is 0 Å². The fourth-order valence-electron chi connectivity index (χ4n) is 1.83. The number of amides is 1. The van der Waals surface area contributed by atoms with Crippen molar-refractivity contribution in [1.82, 2.24) is 15.5 Å². The normalized spacial score (nSPS) is 11.2. The maximum absolute atomic E-state index is 12.8. The third kappa shape index (κ3) is 8.76. The van der Waals surface area contributed by atoms with Crippen LogP contribution in [0.3, 0.4) is 0 Å². The average molecular weight is 354 g/mol. The molecular weight excluding hydrogens is 327 g/mol. The van der Waals surface area contributed by atoms with E-state index in [1.165, 1.54) is 12.1 Å². The maximum atomic E-state index is 12.8. The molecular formula is C17H27FN4OS. The number of guanidine groups is 1. The Kier molecular flexibility index (Phi) is 9.91. The lowest BCUT2D eigenvalue weighted by molar-refractivity contribution is -0.128. The van der Waals surface area contributed by atoms with E-state index < -0.39 is 0 Å². The molecule has 0 atom stereocenters. The van der Waals surface area contributed by atoms with Crippen molar-refractivity contribution in [1.29, 1.82) is 0 Å². The number of rotatable bonds is 9. The van der Waals surface area contributed by atoms with Crippen molar-refractivity contribution < 1.29 is 9.18 Å². The number of hydrogen-bond donors (Lipinski definition) is 2. The third-order valence-corrected chi connectivity index (χ3v) is 4.23. The molecule has 1 amide bonds. The van der Waals surface area contributed by atoms with Gasteiger partial charge < -0.3 is 15.5 Å². The molecule has 1 aromatic carbocycles. The maximum Gasteiger partial charge on any atom is 0.223 e. The Labute approximate surface area is 148 Å². The number of thioether (sulfide) groups is 1. The number of aliphatic imine (C=N–C) groups is 1. The molecule has 0 aromatic heterocycles. The third-order valence-electron chi connectivity index (χ3n) is 3.13. The van der Waals surface area contributed by atoms with Crippen LogP contribution in [0, 0.1) is 5.82 Å². The fraction of sp³-hybridized carbons (Fsp3) is 0.529. The zero-order valence-corrected chi connectivity index (χ0v) is 15.5. The molecule has 24 heavy (non-hydrogen) atoms. The summed E-state index contributed by atoms with van der Waals surface area (Å²) in [4.78, 5) is 18.7. The number of benzene rings is 1. The minimum Gasteiger partial charge on any atom is -0.357 e. The van der Waals surface area contributed by atoms with Gasteiger partial charge in [0, 0.05) is 45.0 Å². The van der Waals surface area contributed by atoms with Gasteiger partial charge >= 0.3 is 0 Å². The van der Waals surface area contributed by atoms with Crippen molar-refractivity contribution in [2.24, 2.45) is 4.99 Å². The summed E-state index contributed by atoms with van der Waals surface area (Å²) in [6.45, 7) is 4.04. The average Bonchev–Trinajstić information content (AvgIpc) is 2.56. The predicted octanol–water partition coefficient (Wildman–Crippen LogP) is 2.34. The molecule has 7 heteroatoms. The van der Waals surface area contributed by atoms with Gasteiger partial charge in [0.2, 0.25) is 5.91 Å².